The standard InChI is InChI=1S/C43H59N5O9S/c1-7-32-36-30(31-23-29(55-6)15-16-33(31)44-32)18-19-42(57-36)24-35-37(49)46-43(39(51)47-58(53,54)41(5)21-22-41)20-17-28(43)13-11-9-8-10-12-14-34(38(50)48(35)25-42)45-40(52)56-27(4)26(2)3/h11,13,15-16,23,26-28,34-35H,7-10,12,14,17-22,24-25H2,1-6H3,(H,45,52)(H,46,49)(H,47,51)/b13-11-/t27-,28+,34-,35-,42+,43+/m0/s1. The van der Waals surface area contributed by atoms with Crippen molar-refractivity contribution in [2.45, 2.75) is 152 Å². The normalized spacial score (nSPS) is 29.3. The van der Waals surface area contributed by atoms with Crippen LogP contribution in [0.1, 0.15) is 117 Å². The van der Waals surface area contributed by atoms with Gasteiger partial charge in [-0.3, -0.25) is 19.1 Å². The Kier molecular flexibility index (Phi) is 11.5. The van der Waals surface area contributed by atoms with E-state index in [-0.39, 0.29) is 25.3 Å². The van der Waals surface area contributed by atoms with Crippen molar-refractivity contribution in [2.24, 2.45) is 11.8 Å². The van der Waals surface area contributed by atoms with E-state index in [2.05, 4.69) is 15.4 Å². The highest BCUT2D eigenvalue weighted by atomic mass is 32.2. The molecule has 4 amide bonds. The van der Waals surface area contributed by atoms with Crippen molar-refractivity contribution in [3.8, 4) is 11.5 Å². The van der Waals surface area contributed by atoms with Gasteiger partial charge < -0.3 is 29.7 Å². The summed E-state index contributed by atoms with van der Waals surface area (Å²) in [4.78, 5) is 63.7. The molecule has 5 aliphatic rings. The Balaban J connectivity index is 1.26. The lowest BCUT2D eigenvalue weighted by molar-refractivity contribution is -0.144. The van der Waals surface area contributed by atoms with E-state index in [1.54, 1.807) is 21.0 Å². The molecule has 14 nitrogen and oxygen atoms in total. The maximum absolute atomic E-state index is 14.9. The molecule has 58 heavy (non-hydrogen) atoms. The number of pyridine rings is 1. The summed E-state index contributed by atoms with van der Waals surface area (Å²) in [6.07, 6.45) is 9.51. The molecule has 2 aromatic rings. The number of methoxy groups -OCH3 is 1. The van der Waals surface area contributed by atoms with E-state index in [9.17, 15) is 27.6 Å². The number of ether oxygens (including phenoxy) is 3. The fraction of sp³-hybridized carbons (Fsp3) is 0.651. The lowest BCUT2D eigenvalue weighted by atomic mass is 9.65. The third kappa shape index (κ3) is 7.87. The summed E-state index contributed by atoms with van der Waals surface area (Å²) in [5.41, 5.74) is 0.0336. The molecule has 1 saturated heterocycles. The van der Waals surface area contributed by atoms with Crippen LogP contribution < -0.4 is 24.8 Å². The molecule has 6 atom stereocenters. The van der Waals surface area contributed by atoms with Gasteiger partial charge in [0.25, 0.3) is 5.91 Å². The highest BCUT2D eigenvalue weighted by Gasteiger charge is 2.59. The van der Waals surface area contributed by atoms with Gasteiger partial charge in [-0.05, 0) is 102 Å². The monoisotopic (exact) mass is 821 g/mol. The van der Waals surface area contributed by atoms with Crippen molar-refractivity contribution in [3.05, 3.63) is 41.6 Å². The van der Waals surface area contributed by atoms with Crippen LogP contribution in [0.4, 0.5) is 4.79 Å². The Hall–Kier alpha value is -4.40. The second kappa shape index (κ2) is 16.0. The summed E-state index contributed by atoms with van der Waals surface area (Å²) in [6.45, 7) is 9.35. The van der Waals surface area contributed by atoms with E-state index in [1.807, 2.05) is 51.1 Å². The summed E-state index contributed by atoms with van der Waals surface area (Å²) in [6, 6.07) is 3.67. The number of hydrogen-bond donors (Lipinski definition) is 3. The van der Waals surface area contributed by atoms with Crippen LogP contribution in [0.5, 0.6) is 11.5 Å². The molecule has 1 spiro atoms. The number of fused-ring (bicyclic) bond motifs is 5. The second-order valence-electron chi connectivity index (χ2n) is 17.7. The van der Waals surface area contributed by atoms with Gasteiger partial charge in [0, 0.05) is 23.3 Å². The molecule has 1 aromatic carbocycles. The van der Waals surface area contributed by atoms with Gasteiger partial charge in [0.1, 0.15) is 40.8 Å². The largest absolute Gasteiger partial charge is 0.497 e. The summed E-state index contributed by atoms with van der Waals surface area (Å²) >= 11 is 0. The molecule has 2 saturated carbocycles. The Morgan fingerprint density at radius 2 is 1.86 bits per heavy atom. The van der Waals surface area contributed by atoms with Crippen molar-refractivity contribution in [3.63, 3.8) is 0 Å². The third-order valence-electron chi connectivity index (χ3n) is 13.4. The molecule has 3 aliphatic heterocycles. The van der Waals surface area contributed by atoms with Gasteiger partial charge in [-0.2, -0.15) is 0 Å². The molecular formula is C43H59N5O9S. The highest BCUT2D eigenvalue weighted by molar-refractivity contribution is 7.91. The molecule has 15 heteroatoms. The first-order chi connectivity index (χ1) is 27.5. The maximum atomic E-state index is 14.9. The van der Waals surface area contributed by atoms with Gasteiger partial charge in [-0.25, -0.2) is 18.2 Å². The number of hydrogen-bond acceptors (Lipinski definition) is 10. The van der Waals surface area contributed by atoms with E-state index in [0.29, 0.717) is 69.3 Å². The zero-order valence-electron chi connectivity index (χ0n) is 34.6. The van der Waals surface area contributed by atoms with Crippen LogP contribution in [0.3, 0.4) is 0 Å². The smallest absolute Gasteiger partial charge is 0.408 e. The number of carbonyl (C=O) groups excluding carboxylic acids is 4. The lowest BCUT2D eigenvalue weighted by Crippen LogP contribution is -2.70. The minimum Gasteiger partial charge on any atom is -0.497 e. The second-order valence-corrected chi connectivity index (χ2v) is 19.9. The molecule has 4 heterocycles. The highest BCUT2D eigenvalue weighted by Crippen LogP contribution is 2.47. The Morgan fingerprint density at radius 1 is 1.09 bits per heavy atom. The van der Waals surface area contributed by atoms with E-state index in [4.69, 9.17) is 19.2 Å². The van der Waals surface area contributed by atoms with Gasteiger partial charge in [0.05, 0.1) is 29.6 Å². The SMILES string of the molecule is CCc1nc2ccc(OC)cc2c2c1O[C@]1(CC2)C[C@H]2C(=O)N[C@]3(C(=O)NS(=O)(=O)C4(C)CC4)CC[C@H]3/C=C\CCCCC[C@H](NC(=O)O[C@@H](C)C(C)C)C(=O)N2C1. The van der Waals surface area contributed by atoms with Gasteiger partial charge >= 0.3 is 6.09 Å². The Labute approximate surface area is 341 Å². The zero-order valence-corrected chi connectivity index (χ0v) is 35.5. The molecule has 7 rings (SSSR count). The number of carbonyl (C=O) groups is 4. The summed E-state index contributed by atoms with van der Waals surface area (Å²) < 4.78 is 46.2. The summed E-state index contributed by atoms with van der Waals surface area (Å²) in [7, 11) is -2.39. The van der Waals surface area contributed by atoms with Gasteiger partial charge in [-0.15, -0.1) is 0 Å². The topological polar surface area (TPSA) is 182 Å². The van der Waals surface area contributed by atoms with Crippen LogP contribution in [0, 0.1) is 11.8 Å². The van der Waals surface area contributed by atoms with Gasteiger partial charge in [0.2, 0.25) is 21.8 Å². The average molecular weight is 822 g/mol. The van der Waals surface area contributed by atoms with Crippen LogP contribution >= 0.6 is 0 Å². The first-order valence-corrected chi connectivity index (χ1v) is 22.5. The van der Waals surface area contributed by atoms with Crippen LogP contribution in [-0.2, 0) is 42.0 Å². The van der Waals surface area contributed by atoms with Crippen LogP contribution in [0.2, 0.25) is 0 Å². The minimum absolute atomic E-state index is 0.0492. The van der Waals surface area contributed by atoms with Gasteiger partial charge in [0.15, 0.2) is 0 Å². The summed E-state index contributed by atoms with van der Waals surface area (Å²) in [5, 5.41) is 6.77. The number of alkyl carbamates (subject to hydrolysis) is 1. The maximum Gasteiger partial charge on any atom is 0.408 e. The number of aryl methyl sites for hydroxylation is 2. The van der Waals surface area contributed by atoms with Crippen molar-refractivity contribution in [1.29, 1.82) is 0 Å². The zero-order chi connectivity index (χ0) is 41.6. The first-order valence-electron chi connectivity index (χ1n) is 21.1. The van der Waals surface area contributed by atoms with Crippen molar-refractivity contribution in [2.75, 3.05) is 13.7 Å². The number of sulfonamides is 1. The summed E-state index contributed by atoms with van der Waals surface area (Å²) in [5.74, 6) is -0.862. The van der Waals surface area contributed by atoms with E-state index in [0.717, 1.165) is 35.0 Å². The molecule has 0 unspecified atom stereocenters. The van der Waals surface area contributed by atoms with E-state index < -0.39 is 73.8 Å². The van der Waals surface area contributed by atoms with Crippen molar-refractivity contribution >= 4 is 44.7 Å². The number of allylic oxidation sites excluding steroid dienone is 1. The quantitative estimate of drug-likeness (QED) is 0.292. The number of nitrogens with one attached hydrogen (secondary N) is 3. The number of benzene rings is 1. The average Bonchev–Trinajstić information content (AvgIpc) is 3.85. The third-order valence-corrected chi connectivity index (χ3v) is 15.6. The van der Waals surface area contributed by atoms with Crippen LogP contribution in [0.15, 0.2) is 30.4 Å². The molecular weight excluding hydrogens is 763 g/mol. The minimum atomic E-state index is -4.01. The van der Waals surface area contributed by atoms with Crippen molar-refractivity contribution in [1.82, 2.24) is 25.2 Å². The van der Waals surface area contributed by atoms with Gasteiger partial charge in [-0.1, -0.05) is 45.8 Å². The van der Waals surface area contributed by atoms with Crippen molar-refractivity contribution < 1.29 is 41.8 Å². The molecule has 0 radical (unpaired) electrons. The fourth-order valence-electron chi connectivity index (χ4n) is 8.80. The predicted molar refractivity (Wildman–Crippen MR) is 218 cm³/mol. The number of aromatic nitrogens is 1. The van der Waals surface area contributed by atoms with Crippen LogP contribution in [0.25, 0.3) is 10.9 Å². The number of rotatable bonds is 8. The number of nitrogens with zero attached hydrogens (tertiary/aromatic N) is 2. The lowest BCUT2D eigenvalue weighted by Gasteiger charge is -2.48. The van der Waals surface area contributed by atoms with E-state index in [1.165, 1.54) is 4.90 Å². The molecule has 1 aromatic heterocycles. The van der Waals surface area contributed by atoms with E-state index >= 15 is 0 Å². The molecule has 3 fully saturated rings. The Bertz CT molecular complexity index is 2100. The molecule has 2 aliphatic carbocycles. The fourth-order valence-corrected chi connectivity index (χ4v) is 10.1. The molecule has 0 bridgehead atoms. The first kappa shape index (κ1) is 41.7. The Morgan fingerprint density at radius 3 is 2.53 bits per heavy atom. The molecule has 3 N–H and O–H groups in total. The van der Waals surface area contributed by atoms with Crippen LogP contribution in [-0.4, -0.2) is 89.8 Å². The predicted octanol–water partition coefficient (Wildman–Crippen LogP) is 5.39. The molecule has 316 valence electrons. The number of amides is 4.